The molecule has 0 aromatic rings. The Labute approximate surface area is 78.6 Å². The molecule has 0 saturated heterocycles. The van der Waals surface area contributed by atoms with Gasteiger partial charge in [-0.05, 0) is 32.6 Å². The van der Waals surface area contributed by atoms with Crippen molar-refractivity contribution in [1.82, 2.24) is 0 Å². The van der Waals surface area contributed by atoms with Crippen molar-refractivity contribution in [2.75, 3.05) is 11.9 Å². The largest absolute Gasteiger partial charge is 0.379 e. The summed E-state index contributed by atoms with van der Waals surface area (Å²) in [4.78, 5) is 0. The molecule has 0 aliphatic rings. The van der Waals surface area contributed by atoms with Crippen molar-refractivity contribution < 1.29 is 4.74 Å². The summed E-state index contributed by atoms with van der Waals surface area (Å²) in [5.74, 6) is 0.785. The van der Waals surface area contributed by atoms with E-state index < -0.39 is 0 Å². The molecule has 1 unspecified atom stereocenters. The van der Waals surface area contributed by atoms with Crippen LogP contribution < -0.4 is 0 Å². The molecule has 68 valence electrons. The van der Waals surface area contributed by atoms with E-state index in [4.69, 9.17) is 4.74 Å². The average Bonchev–Trinajstić information content (AvgIpc) is 1.87. The van der Waals surface area contributed by atoms with Gasteiger partial charge in [0.15, 0.2) is 0 Å². The first-order valence-corrected chi connectivity index (χ1v) is 5.46. The van der Waals surface area contributed by atoms with Gasteiger partial charge in [0.25, 0.3) is 0 Å². The number of alkyl halides is 1. The molecule has 0 radical (unpaired) electrons. The fourth-order valence-corrected chi connectivity index (χ4v) is 1.62. The Morgan fingerprint density at radius 1 is 1.18 bits per heavy atom. The second-order valence-corrected chi connectivity index (χ2v) is 4.08. The van der Waals surface area contributed by atoms with E-state index >= 15 is 0 Å². The van der Waals surface area contributed by atoms with E-state index in [2.05, 4.69) is 36.7 Å². The van der Waals surface area contributed by atoms with Gasteiger partial charge in [0.1, 0.15) is 0 Å². The molecule has 0 aromatic carbocycles. The highest BCUT2D eigenvalue weighted by Crippen LogP contribution is 2.09. The highest BCUT2D eigenvalue weighted by atomic mass is 79.9. The molecule has 0 saturated carbocycles. The zero-order valence-corrected chi connectivity index (χ0v) is 9.36. The second kappa shape index (κ2) is 7.11. The fraction of sp³-hybridized carbons (Fsp3) is 1.00. The summed E-state index contributed by atoms with van der Waals surface area (Å²) < 4.78 is 5.44. The molecule has 0 aliphatic carbocycles. The lowest BCUT2D eigenvalue weighted by Gasteiger charge is -2.11. The van der Waals surface area contributed by atoms with Gasteiger partial charge in [-0.15, -0.1) is 0 Å². The molecular weight excluding hydrogens is 204 g/mol. The van der Waals surface area contributed by atoms with Gasteiger partial charge in [-0.1, -0.05) is 22.9 Å². The van der Waals surface area contributed by atoms with Gasteiger partial charge in [0.05, 0.1) is 6.10 Å². The zero-order valence-electron chi connectivity index (χ0n) is 7.77. The molecule has 11 heavy (non-hydrogen) atoms. The van der Waals surface area contributed by atoms with Crippen LogP contribution in [0.25, 0.3) is 0 Å². The zero-order chi connectivity index (χ0) is 8.69. The van der Waals surface area contributed by atoms with Crippen molar-refractivity contribution >= 4 is 15.9 Å². The number of rotatable bonds is 6. The van der Waals surface area contributed by atoms with Crippen molar-refractivity contribution in [1.29, 1.82) is 0 Å². The molecule has 0 aliphatic heterocycles. The van der Waals surface area contributed by atoms with Crippen molar-refractivity contribution in [3.05, 3.63) is 0 Å². The quantitative estimate of drug-likeness (QED) is 0.628. The number of ether oxygens (including phenoxy) is 1. The molecule has 0 bridgehead atoms. The lowest BCUT2D eigenvalue weighted by atomic mass is 10.1. The first-order valence-electron chi connectivity index (χ1n) is 4.34. The normalized spacial score (nSPS) is 13.9. The van der Waals surface area contributed by atoms with Gasteiger partial charge in [-0.3, -0.25) is 0 Å². The molecule has 1 nitrogen and oxygen atoms in total. The predicted molar refractivity (Wildman–Crippen MR) is 53.3 cm³/mol. The Hall–Kier alpha value is 0.440. The Morgan fingerprint density at radius 3 is 2.27 bits per heavy atom. The molecule has 0 amide bonds. The van der Waals surface area contributed by atoms with Crippen LogP contribution in [-0.4, -0.2) is 18.0 Å². The molecule has 0 heterocycles. The number of hydrogen-bond acceptors (Lipinski definition) is 1. The van der Waals surface area contributed by atoms with Crippen molar-refractivity contribution in [2.24, 2.45) is 5.92 Å². The fourth-order valence-electron chi connectivity index (χ4n) is 0.836. The smallest absolute Gasteiger partial charge is 0.0518 e. The van der Waals surface area contributed by atoms with Gasteiger partial charge in [0.2, 0.25) is 0 Å². The van der Waals surface area contributed by atoms with Crippen LogP contribution in [0.2, 0.25) is 0 Å². The molecule has 1 atom stereocenters. The van der Waals surface area contributed by atoms with Crippen LogP contribution in [0.4, 0.5) is 0 Å². The van der Waals surface area contributed by atoms with Crippen LogP contribution in [0.3, 0.4) is 0 Å². The standard InChI is InChI=1S/C9H19BrO/c1-8(2)11-7-5-9(3)4-6-10/h8-9H,4-7H2,1-3H3. The lowest BCUT2D eigenvalue weighted by Crippen LogP contribution is -2.07. The van der Waals surface area contributed by atoms with Crippen LogP contribution in [-0.2, 0) is 4.74 Å². The van der Waals surface area contributed by atoms with Crippen LogP contribution in [0.5, 0.6) is 0 Å². The maximum Gasteiger partial charge on any atom is 0.0518 e. The average molecular weight is 223 g/mol. The Bertz CT molecular complexity index is 83.6. The summed E-state index contributed by atoms with van der Waals surface area (Å²) in [7, 11) is 0. The third-order valence-corrected chi connectivity index (χ3v) is 2.12. The Kier molecular flexibility index (Phi) is 7.39. The third-order valence-electron chi connectivity index (χ3n) is 1.66. The highest BCUT2D eigenvalue weighted by Gasteiger charge is 2.01. The summed E-state index contributed by atoms with van der Waals surface area (Å²) in [5.41, 5.74) is 0. The topological polar surface area (TPSA) is 9.23 Å². The molecule has 2 heteroatoms. The summed E-state index contributed by atoms with van der Waals surface area (Å²) >= 11 is 3.43. The molecule has 0 spiro atoms. The minimum absolute atomic E-state index is 0.381. The molecule has 0 N–H and O–H groups in total. The third kappa shape index (κ3) is 8.35. The summed E-state index contributed by atoms with van der Waals surface area (Å²) in [6.07, 6.45) is 2.82. The second-order valence-electron chi connectivity index (χ2n) is 3.29. The van der Waals surface area contributed by atoms with Crippen LogP contribution in [0.15, 0.2) is 0 Å². The maximum atomic E-state index is 5.44. The van der Waals surface area contributed by atoms with Gasteiger partial charge >= 0.3 is 0 Å². The van der Waals surface area contributed by atoms with Gasteiger partial charge < -0.3 is 4.74 Å². The van der Waals surface area contributed by atoms with Crippen LogP contribution >= 0.6 is 15.9 Å². The van der Waals surface area contributed by atoms with Crippen molar-refractivity contribution in [3.63, 3.8) is 0 Å². The molecular formula is C9H19BrO. The van der Waals surface area contributed by atoms with E-state index in [-0.39, 0.29) is 0 Å². The first-order chi connectivity index (χ1) is 5.16. The highest BCUT2D eigenvalue weighted by molar-refractivity contribution is 9.09. The number of hydrogen-bond donors (Lipinski definition) is 0. The van der Waals surface area contributed by atoms with Crippen molar-refractivity contribution in [3.8, 4) is 0 Å². The van der Waals surface area contributed by atoms with Gasteiger partial charge in [0, 0.05) is 11.9 Å². The summed E-state index contributed by atoms with van der Waals surface area (Å²) in [6.45, 7) is 7.33. The van der Waals surface area contributed by atoms with E-state index in [1.165, 1.54) is 12.8 Å². The van der Waals surface area contributed by atoms with E-state index in [9.17, 15) is 0 Å². The number of halogens is 1. The van der Waals surface area contributed by atoms with E-state index in [1.54, 1.807) is 0 Å². The minimum Gasteiger partial charge on any atom is -0.379 e. The summed E-state index contributed by atoms with van der Waals surface area (Å²) in [6, 6.07) is 0. The summed E-state index contributed by atoms with van der Waals surface area (Å²) in [5, 5.41) is 1.11. The van der Waals surface area contributed by atoms with Crippen molar-refractivity contribution in [2.45, 2.75) is 39.7 Å². The molecule has 0 fully saturated rings. The Balaban J connectivity index is 3.10. The first kappa shape index (κ1) is 11.4. The van der Waals surface area contributed by atoms with Crippen LogP contribution in [0.1, 0.15) is 33.6 Å². The van der Waals surface area contributed by atoms with E-state index in [0.29, 0.717) is 6.10 Å². The van der Waals surface area contributed by atoms with Gasteiger partial charge in [-0.2, -0.15) is 0 Å². The lowest BCUT2D eigenvalue weighted by molar-refractivity contribution is 0.0695. The maximum absolute atomic E-state index is 5.44. The Morgan fingerprint density at radius 2 is 1.82 bits per heavy atom. The monoisotopic (exact) mass is 222 g/mol. The van der Waals surface area contributed by atoms with E-state index in [0.717, 1.165) is 17.9 Å². The molecule has 0 aromatic heterocycles. The minimum atomic E-state index is 0.381. The predicted octanol–water partition coefficient (Wildman–Crippen LogP) is 3.22. The molecule has 0 rings (SSSR count). The SMILES string of the molecule is CC(CCBr)CCOC(C)C. The van der Waals surface area contributed by atoms with Gasteiger partial charge in [-0.25, -0.2) is 0 Å². The van der Waals surface area contributed by atoms with Crippen LogP contribution in [0, 0.1) is 5.92 Å². The van der Waals surface area contributed by atoms with E-state index in [1.807, 2.05) is 0 Å².